The minimum absolute atomic E-state index is 0.00274. The number of nitrogens with one attached hydrogen (secondary N) is 1. The number of carbonyl (C=O) groups excluding carboxylic acids is 1. The summed E-state index contributed by atoms with van der Waals surface area (Å²) in [6.45, 7) is 8.25. The van der Waals surface area contributed by atoms with Crippen molar-refractivity contribution in [3.8, 4) is 5.75 Å². The Balaban J connectivity index is 1.22. The van der Waals surface area contributed by atoms with Gasteiger partial charge in [-0.1, -0.05) is 6.07 Å². The van der Waals surface area contributed by atoms with Crippen LogP contribution in [0, 0.1) is 0 Å². The van der Waals surface area contributed by atoms with Crippen LogP contribution in [0.3, 0.4) is 0 Å². The third-order valence-corrected chi connectivity index (χ3v) is 7.63. The second-order valence-corrected chi connectivity index (χ2v) is 9.97. The number of benzene rings is 2. The van der Waals surface area contributed by atoms with Gasteiger partial charge in [0.15, 0.2) is 0 Å². The zero-order valence-electron chi connectivity index (χ0n) is 19.8. The molecule has 34 heavy (non-hydrogen) atoms. The molecule has 0 aliphatic carbocycles. The quantitative estimate of drug-likeness (QED) is 0.623. The predicted molar refractivity (Wildman–Crippen MR) is 132 cm³/mol. The van der Waals surface area contributed by atoms with Crippen LogP contribution < -0.4 is 4.90 Å². The predicted octanol–water partition coefficient (Wildman–Crippen LogP) is 2.77. The molecule has 8 nitrogen and oxygen atoms in total. The molecule has 0 atom stereocenters. The number of aromatic hydroxyl groups is 1. The van der Waals surface area contributed by atoms with Crippen molar-refractivity contribution in [3.63, 3.8) is 0 Å². The fourth-order valence-corrected chi connectivity index (χ4v) is 5.51. The first-order chi connectivity index (χ1) is 16.5. The minimum Gasteiger partial charge on any atom is -0.507 e. The topological polar surface area (TPSA) is 78.9 Å². The second kappa shape index (κ2) is 8.60. The first-order valence-electron chi connectivity index (χ1n) is 12.3. The van der Waals surface area contributed by atoms with E-state index in [9.17, 15) is 9.90 Å². The number of aromatic amines is 1. The van der Waals surface area contributed by atoms with E-state index in [4.69, 9.17) is 0 Å². The highest BCUT2D eigenvalue weighted by atomic mass is 16.3. The van der Waals surface area contributed by atoms with Gasteiger partial charge in [0.25, 0.3) is 5.91 Å². The van der Waals surface area contributed by atoms with Crippen LogP contribution in [0.5, 0.6) is 5.75 Å². The number of nitrogens with zero attached hydrogens (tertiary/aromatic N) is 5. The number of H-pyrrole nitrogens is 1. The van der Waals surface area contributed by atoms with Gasteiger partial charge in [-0.2, -0.15) is 5.10 Å². The molecular weight excluding hydrogens is 428 g/mol. The van der Waals surface area contributed by atoms with E-state index in [1.165, 1.54) is 29.7 Å². The molecule has 2 fully saturated rings. The van der Waals surface area contributed by atoms with Gasteiger partial charge in [0.05, 0.1) is 16.8 Å². The standard InChI is InChI=1S/C26H32N6O2/c1-29-8-10-31(11-9-29)20-5-4-18-15-32(16-19(18)12-20)26(34)22-13-21-23(14-25(22)33)27-28-24(21)17-30-6-2-3-7-30/h4-5,12-14,33H,2-3,6-11,15-17H2,1H3,(H,27,28). The number of likely N-dealkylation sites (tertiary alicyclic amines) is 1. The number of phenols is 1. The number of fused-ring (bicyclic) bond motifs is 2. The summed E-state index contributed by atoms with van der Waals surface area (Å²) >= 11 is 0. The van der Waals surface area contributed by atoms with Gasteiger partial charge in [0.2, 0.25) is 0 Å². The molecule has 0 saturated carbocycles. The summed E-state index contributed by atoms with van der Waals surface area (Å²) in [5, 5.41) is 19.1. The van der Waals surface area contributed by atoms with Gasteiger partial charge in [-0.05, 0) is 62.3 Å². The maximum atomic E-state index is 13.5. The third-order valence-electron chi connectivity index (χ3n) is 7.63. The van der Waals surface area contributed by atoms with Crippen molar-refractivity contribution in [3.05, 3.63) is 52.7 Å². The number of amides is 1. The summed E-state index contributed by atoms with van der Waals surface area (Å²) in [4.78, 5) is 22.5. The van der Waals surface area contributed by atoms with Crippen LogP contribution in [-0.4, -0.2) is 82.2 Å². The maximum Gasteiger partial charge on any atom is 0.258 e. The summed E-state index contributed by atoms with van der Waals surface area (Å²) in [5.41, 5.74) is 5.67. The Kier molecular flexibility index (Phi) is 5.42. The van der Waals surface area contributed by atoms with Crippen molar-refractivity contribution in [1.29, 1.82) is 0 Å². The lowest BCUT2D eigenvalue weighted by Gasteiger charge is -2.34. The molecule has 178 valence electrons. The van der Waals surface area contributed by atoms with Gasteiger partial charge >= 0.3 is 0 Å². The molecule has 0 bridgehead atoms. The van der Waals surface area contributed by atoms with E-state index >= 15 is 0 Å². The SMILES string of the molecule is CN1CCN(c2ccc3c(c2)CN(C(=O)c2cc4c(CN5CCCC5)n[nH]c4cc2O)C3)CC1. The number of hydrogen-bond donors (Lipinski definition) is 2. The Bertz CT molecular complexity index is 1220. The lowest BCUT2D eigenvalue weighted by atomic mass is 10.1. The minimum atomic E-state index is -0.134. The zero-order chi connectivity index (χ0) is 23.2. The van der Waals surface area contributed by atoms with Gasteiger partial charge in [-0.25, -0.2) is 0 Å². The van der Waals surface area contributed by atoms with Crippen LogP contribution in [0.2, 0.25) is 0 Å². The lowest BCUT2D eigenvalue weighted by molar-refractivity contribution is 0.0748. The first kappa shape index (κ1) is 21.4. The van der Waals surface area contributed by atoms with E-state index in [1.54, 1.807) is 6.07 Å². The van der Waals surface area contributed by atoms with Crippen LogP contribution in [-0.2, 0) is 19.6 Å². The summed E-state index contributed by atoms with van der Waals surface area (Å²) in [5.74, 6) is -0.131. The molecule has 1 aromatic heterocycles. The summed E-state index contributed by atoms with van der Waals surface area (Å²) in [7, 11) is 2.16. The number of carbonyl (C=O) groups is 1. The fraction of sp³-hybridized carbons (Fsp3) is 0.462. The Morgan fingerprint density at radius 1 is 1.00 bits per heavy atom. The van der Waals surface area contributed by atoms with Gasteiger partial charge < -0.3 is 19.8 Å². The van der Waals surface area contributed by atoms with Crippen LogP contribution in [0.4, 0.5) is 5.69 Å². The number of piperazine rings is 1. The van der Waals surface area contributed by atoms with Crippen molar-refractivity contribution in [2.45, 2.75) is 32.5 Å². The molecule has 6 rings (SSSR count). The van der Waals surface area contributed by atoms with Gasteiger partial charge in [-0.3, -0.25) is 14.8 Å². The van der Waals surface area contributed by atoms with E-state index in [2.05, 4.69) is 50.1 Å². The smallest absolute Gasteiger partial charge is 0.258 e. The Morgan fingerprint density at radius 3 is 2.56 bits per heavy atom. The molecule has 4 heterocycles. The Labute approximate surface area is 199 Å². The molecule has 1 amide bonds. The molecule has 0 radical (unpaired) electrons. The van der Waals surface area contributed by atoms with Gasteiger partial charge in [0, 0.05) is 63.0 Å². The number of aromatic nitrogens is 2. The summed E-state index contributed by atoms with van der Waals surface area (Å²) in [6, 6.07) is 10.0. The highest BCUT2D eigenvalue weighted by molar-refractivity contribution is 6.01. The molecule has 2 aromatic carbocycles. The van der Waals surface area contributed by atoms with E-state index < -0.39 is 0 Å². The normalized spacial score (nSPS) is 19.3. The monoisotopic (exact) mass is 460 g/mol. The summed E-state index contributed by atoms with van der Waals surface area (Å²) < 4.78 is 0. The number of likely N-dealkylation sites (N-methyl/N-ethyl adjacent to an activating group) is 1. The van der Waals surface area contributed by atoms with Gasteiger partial charge in [-0.15, -0.1) is 0 Å². The largest absolute Gasteiger partial charge is 0.507 e. The lowest BCUT2D eigenvalue weighted by Crippen LogP contribution is -2.44. The molecule has 0 spiro atoms. The first-order valence-corrected chi connectivity index (χ1v) is 12.3. The molecule has 3 aliphatic heterocycles. The molecular formula is C26H32N6O2. The third kappa shape index (κ3) is 3.91. The molecule has 2 saturated heterocycles. The average molecular weight is 461 g/mol. The van der Waals surface area contributed by atoms with Crippen molar-refractivity contribution >= 4 is 22.5 Å². The number of hydrogen-bond acceptors (Lipinski definition) is 6. The van der Waals surface area contributed by atoms with Crippen molar-refractivity contribution in [2.24, 2.45) is 0 Å². The zero-order valence-corrected chi connectivity index (χ0v) is 19.8. The van der Waals surface area contributed by atoms with E-state index in [0.717, 1.165) is 62.4 Å². The molecule has 3 aromatic rings. The number of rotatable bonds is 4. The van der Waals surface area contributed by atoms with Crippen LogP contribution in [0.15, 0.2) is 30.3 Å². The second-order valence-electron chi connectivity index (χ2n) is 9.97. The maximum absolute atomic E-state index is 13.5. The molecule has 2 N–H and O–H groups in total. The number of phenolic OH excluding ortho intramolecular Hbond substituents is 1. The fourth-order valence-electron chi connectivity index (χ4n) is 5.51. The molecule has 3 aliphatic rings. The van der Waals surface area contributed by atoms with E-state index in [1.807, 2.05) is 11.0 Å². The number of anilines is 1. The van der Waals surface area contributed by atoms with Crippen LogP contribution >= 0.6 is 0 Å². The molecule has 0 unspecified atom stereocenters. The molecule has 8 heteroatoms. The van der Waals surface area contributed by atoms with Crippen molar-refractivity contribution in [1.82, 2.24) is 24.9 Å². The van der Waals surface area contributed by atoms with Crippen molar-refractivity contribution < 1.29 is 9.90 Å². The van der Waals surface area contributed by atoms with Gasteiger partial charge in [0.1, 0.15) is 5.75 Å². The van der Waals surface area contributed by atoms with Crippen LogP contribution in [0.1, 0.15) is 40.0 Å². The van der Waals surface area contributed by atoms with E-state index in [-0.39, 0.29) is 11.7 Å². The average Bonchev–Trinajstić information content (AvgIpc) is 3.59. The van der Waals surface area contributed by atoms with Crippen LogP contribution in [0.25, 0.3) is 10.9 Å². The van der Waals surface area contributed by atoms with E-state index in [0.29, 0.717) is 18.7 Å². The summed E-state index contributed by atoms with van der Waals surface area (Å²) in [6.07, 6.45) is 2.44. The Hall–Kier alpha value is -3.10. The Morgan fingerprint density at radius 2 is 1.76 bits per heavy atom. The van der Waals surface area contributed by atoms with Crippen molar-refractivity contribution in [2.75, 3.05) is 51.2 Å². The highest BCUT2D eigenvalue weighted by Crippen LogP contribution is 2.32. The highest BCUT2D eigenvalue weighted by Gasteiger charge is 2.28.